The molecule has 1 N–H and O–H groups in total. The summed E-state index contributed by atoms with van der Waals surface area (Å²) in [5.41, 5.74) is 2.51. The van der Waals surface area contributed by atoms with Crippen LogP contribution in [0.3, 0.4) is 0 Å². The minimum Gasteiger partial charge on any atom is -0.496 e. The molecule has 0 aliphatic carbocycles. The molecule has 116 valence electrons. The van der Waals surface area contributed by atoms with Crippen molar-refractivity contribution in [2.45, 2.75) is 44.9 Å². The molecular formula is C17H26N2O2. The molecule has 1 aromatic rings. The second kappa shape index (κ2) is 6.24. The van der Waals surface area contributed by atoms with Crippen molar-refractivity contribution < 1.29 is 9.47 Å². The Kier molecular flexibility index (Phi) is 4.36. The van der Waals surface area contributed by atoms with Crippen LogP contribution < -0.4 is 14.8 Å². The first-order chi connectivity index (χ1) is 10.2. The molecule has 0 amide bonds. The minimum atomic E-state index is 0.281. The number of nitrogens with one attached hydrogen (secondary N) is 1. The van der Waals surface area contributed by atoms with Gasteiger partial charge in [0.15, 0.2) is 0 Å². The first-order valence-corrected chi connectivity index (χ1v) is 7.95. The Balaban J connectivity index is 1.77. The van der Waals surface area contributed by atoms with E-state index in [2.05, 4.69) is 36.3 Å². The van der Waals surface area contributed by atoms with Crippen molar-refractivity contribution in [1.82, 2.24) is 10.2 Å². The van der Waals surface area contributed by atoms with Crippen LogP contribution in [0.4, 0.5) is 0 Å². The number of benzene rings is 1. The van der Waals surface area contributed by atoms with E-state index < -0.39 is 0 Å². The third kappa shape index (κ3) is 3.16. The van der Waals surface area contributed by atoms with Crippen LogP contribution in [0.2, 0.25) is 0 Å². The number of ether oxygens (including phenoxy) is 2. The lowest BCUT2D eigenvalue weighted by Crippen LogP contribution is -2.43. The fourth-order valence-corrected chi connectivity index (χ4v) is 3.47. The molecule has 2 atom stereocenters. The molecule has 21 heavy (non-hydrogen) atoms. The number of rotatable bonds is 4. The first-order valence-electron chi connectivity index (χ1n) is 7.95. The fraction of sp³-hybridized carbons (Fsp3) is 0.647. The van der Waals surface area contributed by atoms with E-state index in [4.69, 9.17) is 9.47 Å². The molecule has 1 saturated heterocycles. The number of hydrogen-bond acceptors (Lipinski definition) is 4. The predicted molar refractivity (Wildman–Crippen MR) is 84.1 cm³/mol. The topological polar surface area (TPSA) is 33.7 Å². The molecular weight excluding hydrogens is 264 g/mol. The SMILES string of the molecule is CNC1CCCN(Cc2cc3c(cc2OC)CC(C)O3)C1. The third-order valence-electron chi connectivity index (χ3n) is 4.61. The van der Waals surface area contributed by atoms with E-state index in [9.17, 15) is 0 Å². The highest BCUT2D eigenvalue weighted by molar-refractivity contribution is 5.48. The Morgan fingerprint density at radius 2 is 2.29 bits per heavy atom. The van der Waals surface area contributed by atoms with Gasteiger partial charge in [0.2, 0.25) is 0 Å². The Labute approximate surface area is 127 Å². The summed E-state index contributed by atoms with van der Waals surface area (Å²) in [7, 11) is 3.82. The van der Waals surface area contributed by atoms with Crippen LogP contribution >= 0.6 is 0 Å². The summed E-state index contributed by atoms with van der Waals surface area (Å²) in [5.74, 6) is 2.04. The lowest BCUT2D eigenvalue weighted by Gasteiger charge is -2.32. The van der Waals surface area contributed by atoms with E-state index in [1.54, 1.807) is 7.11 Å². The highest BCUT2D eigenvalue weighted by Gasteiger charge is 2.24. The van der Waals surface area contributed by atoms with Gasteiger partial charge in [0.1, 0.15) is 17.6 Å². The first kappa shape index (κ1) is 14.7. The van der Waals surface area contributed by atoms with Crippen molar-refractivity contribution >= 4 is 0 Å². The molecule has 2 heterocycles. The summed E-state index contributed by atoms with van der Waals surface area (Å²) in [6.45, 7) is 5.32. The van der Waals surface area contributed by atoms with E-state index in [1.807, 2.05) is 0 Å². The van der Waals surface area contributed by atoms with E-state index in [-0.39, 0.29) is 6.10 Å². The van der Waals surface area contributed by atoms with Gasteiger partial charge in [-0.1, -0.05) is 0 Å². The molecule has 4 nitrogen and oxygen atoms in total. The van der Waals surface area contributed by atoms with E-state index in [0.717, 1.165) is 37.6 Å². The normalized spacial score (nSPS) is 25.5. The lowest BCUT2D eigenvalue weighted by atomic mass is 10.0. The fourth-order valence-electron chi connectivity index (χ4n) is 3.47. The molecule has 0 radical (unpaired) electrons. The largest absolute Gasteiger partial charge is 0.496 e. The maximum Gasteiger partial charge on any atom is 0.123 e. The molecule has 1 aromatic carbocycles. The zero-order valence-electron chi connectivity index (χ0n) is 13.3. The number of methoxy groups -OCH3 is 1. The van der Waals surface area contributed by atoms with Crippen molar-refractivity contribution in [2.75, 3.05) is 27.2 Å². The van der Waals surface area contributed by atoms with Crippen LogP contribution in [-0.2, 0) is 13.0 Å². The molecule has 0 aromatic heterocycles. The van der Waals surface area contributed by atoms with Gasteiger partial charge in [-0.2, -0.15) is 0 Å². The second-order valence-electron chi connectivity index (χ2n) is 6.27. The van der Waals surface area contributed by atoms with Crippen LogP contribution in [0.5, 0.6) is 11.5 Å². The van der Waals surface area contributed by atoms with Gasteiger partial charge in [-0.15, -0.1) is 0 Å². The summed E-state index contributed by atoms with van der Waals surface area (Å²) < 4.78 is 11.5. The summed E-state index contributed by atoms with van der Waals surface area (Å²) >= 11 is 0. The van der Waals surface area contributed by atoms with Gasteiger partial charge >= 0.3 is 0 Å². The van der Waals surface area contributed by atoms with Gasteiger partial charge in [0, 0.05) is 36.7 Å². The van der Waals surface area contributed by atoms with Gasteiger partial charge in [-0.25, -0.2) is 0 Å². The number of fused-ring (bicyclic) bond motifs is 1. The van der Waals surface area contributed by atoms with Crippen LogP contribution in [0, 0.1) is 0 Å². The van der Waals surface area contributed by atoms with Crippen LogP contribution in [0.1, 0.15) is 30.9 Å². The van der Waals surface area contributed by atoms with Gasteiger partial charge in [0.05, 0.1) is 7.11 Å². The summed E-state index contributed by atoms with van der Waals surface area (Å²) in [6, 6.07) is 4.95. The zero-order valence-corrected chi connectivity index (χ0v) is 13.3. The summed E-state index contributed by atoms with van der Waals surface area (Å²) in [5, 5.41) is 3.40. The highest BCUT2D eigenvalue weighted by atomic mass is 16.5. The molecule has 1 fully saturated rings. The van der Waals surface area contributed by atoms with Crippen molar-refractivity contribution in [1.29, 1.82) is 0 Å². The van der Waals surface area contributed by atoms with E-state index >= 15 is 0 Å². The number of nitrogens with zero attached hydrogens (tertiary/aromatic N) is 1. The van der Waals surface area contributed by atoms with Gasteiger partial charge in [0.25, 0.3) is 0 Å². The molecule has 4 heteroatoms. The Bertz CT molecular complexity index is 504. The second-order valence-corrected chi connectivity index (χ2v) is 6.27. The monoisotopic (exact) mass is 290 g/mol. The van der Waals surface area contributed by atoms with Crippen LogP contribution in [-0.4, -0.2) is 44.3 Å². The number of likely N-dealkylation sites (tertiary alicyclic amines) is 1. The molecule has 0 spiro atoms. The third-order valence-corrected chi connectivity index (χ3v) is 4.61. The number of likely N-dealkylation sites (N-methyl/N-ethyl adjacent to an activating group) is 1. The van der Waals surface area contributed by atoms with Crippen molar-refractivity contribution in [3.63, 3.8) is 0 Å². The molecule has 2 aliphatic rings. The molecule has 2 unspecified atom stereocenters. The smallest absolute Gasteiger partial charge is 0.123 e. The average Bonchev–Trinajstić information content (AvgIpc) is 2.85. The summed E-state index contributed by atoms with van der Waals surface area (Å²) in [4.78, 5) is 2.51. The van der Waals surface area contributed by atoms with Crippen LogP contribution in [0.15, 0.2) is 12.1 Å². The van der Waals surface area contributed by atoms with Crippen molar-refractivity contribution in [2.24, 2.45) is 0 Å². The van der Waals surface area contributed by atoms with Gasteiger partial charge in [-0.3, -0.25) is 4.90 Å². The maximum atomic E-state index is 5.89. The van der Waals surface area contributed by atoms with Crippen molar-refractivity contribution in [3.8, 4) is 11.5 Å². The quantitative estimate of drug-likeness (QED) is 0.922. The molecule has 2 aliphatic heterocycles. The van der Waals surface area contributed by atoms with Gasteiger partial charge < -0.3 is 14.8 Å². The predicted octanol–water partition coefficient (Wildman–Crippen LogP) is 2.20. The number of hydrogen-bond donors (Lipinski definition) is 1. The van der Waals surface area contributed by atoms with E-state index in [0.29, 0.717) is 6.04 Å². The highest BCUT2D eigenvalue weighted by Crippen LogP contribution is 2.35. The Morgan fingerprint density at radius 1 is 1.43 bits per heavy atom. The maximum absolute atomic E-state index is 5.89. The van der Waals surface area contributed by atoms with E-state index in [1.165, 1.54) is 24.0 Å². The molecule has 0 saturated carbocycles. The number of piperidine rings is 1. The Morgan fingerprint density at radius 3 is 3.05 bits per heavy atom. The standard InChI is InChI=1S/C17H26N2O2/c1-12-7-13-8-16(20-3)14(9-17(13)21-12)10-19-6-4-5-15(11-19)18-2/h8-9,12,15,18H,4-7,10-11H2,1-3H3. The summed E-state index contributed by atoms with van der Waals surface area (Å²) in [6.07, 6.45) is 3.79. The van der Waals surface area contributed by atoms with Crippen molar-refractivity contribution in [3.05, 3.63) is 23.3 Å². The lowest BCUT2D eigenvalue weighted by molar-refractivity contribution is 0.186. The van der Waals surface area contributed by atoms with Crippen LogP contribution in [0.25, 0.3) is 0 Å². The van der Waals surface area contributed by atoms with Gasteiger partial charge in [-0.05, 0) is 45.5 Å². The molecule has 0 bridgehead atoms. The zero-order chi connectivity index (χ0) is 14.8. The Hall–Kier alpha value is -1.26. The minimum absolute atomic E-state index is 0.281. The molecule has 3 rings (SSSR count). The average molecular weight is 290 g/mol.